The summed E-state index contributed by atoms with van der Waals surface area (Å²) in [6.45, 7) is 8.20. The van der Waals surface area contributed by atoms with E-state index in [0.29, 0.717) is 0 Å². The molecule has 1 N–H and O–H groups in total. The van der Waals surface area contributed by atoms with Crippen molar-refractivity contribution in [1.29, 1.82) is 0 Å². The molecule has 2 heterocycles. The van der Waals surface area contributed by atoms with Crippen molar-refractivity contribution in [3.63, 3.8) is 0 Å². The zero-order valence-electron chi connectivity index (χ0n) is 11.6. The Balaban J connectivity index is 2.59. The fourth-order valence-corrected chi connectivity index (χ4v) is 1.82. The molecule has 0 aliphatic rings. The second-order valence-corrected chi connectivity index (χ2v) is 4.34. The molecule has 0 radical (unpaired) electrons. The van der Waals surface area contributed by atoms with Crippen LogP contribution in [0.5, 0.6) is 0 Å². The van der Waals surface area contributed by atoms with Crippen LogP contribution in [0.3, 0.4) is 0 Å². The molecule has 0 unspecified atom stereocenters. The van der Waals surface area contributed by atoms with Gasteiger partial charge in [0.2, 0.25) is 0 Å². The van der Waals surface area contributed by atoms with Gasteiger partial charge in [-0.2, -0.15) is 5.10 Å². The second kappa shape index (κ2) is 4.76. The maximum Gasteiger partial charge on any atom is 0.159 e. The number of anilines is 1. The molecule has 0 aromatic carbocycles. The number of hydrogen-bond acceptors (Lipinski definition) is 4. The highest BCUT2D eigenvalue weighted by Gasteiger charge is 2.11. The molecule has 0 spiro atoms. The Morgan fingerprint density at radius 3 is 2.44 bits per heavy atom. The van der Waals surface area contributed by atoms with Crippen LogP contribution in [0.4, 0.5) is 5.82 Å². The van der Waals surface area contributed by atoms with Gasteiger partial charge in [0.1, 0.15) is 11.6 Å². The van der Waals surface area contributed by atoms with E-state index in [1.807, 2.05) is 31.6 Å². The van der Waals surface area contributed by atoms with E-state index >= 15 is 0 Å². The largest absolute Gasteiger partial charge is 0.373 e. The Labute approximate surface area is 107 Å². The zero-order chi connectivity index (χ0) is 13.3. The Bertz CT molecular complexity index is 549. The van der Waals surface area contributed by atoms with Crippen LogP contribution < -0.4 is 5.32 Å². The topological polar surface area (TPSA) is 55.6 Å². The summed E-state index contributed by atoms with van der Waals surface area (Å²) < 4.78 is 1.88. The quantitative estimate of drug-likeness (QED) is 0.900. The molecule has 5 heteroatoms. The first-order valence-corrected chi connectivity index (χ1v) is 6.15. The SMILES string of the molecule is CCc1nc(NC)cc(-n2nc(C)c(C)c2C)n1. The van der Waals surface area contributed by atoms with Gasteiger partial charge in [-0.15, -0.1) is 0 Å². The number of nitrogens with one attached hydrogen (secondary N) is 1. The third kappa shape index (κ3) is 2.08. The Morgan fingerprint density at radius 1 is 1.22 bits per heavy atom. The molecule has 5 nitrogen and oxygen atoms in total. The predicted octanol–water partition coefficient (Wildman–Crippen LogP) is 2.19. The molecule has 2 aromatic rings. The summed E-state index contributed by atoms with van der Waals surface area (Å²) in [4.78, 5) is 8.93. The second-order valence-electron chi connectivity index (χ2n) is 4.34. The van der Waals surface area contributed by atoms with Gasteiger partial charge in [0.15, 0.2) is 5.82 Å². The highest BCUT2D eigenvalue weighted by Crippen LogP contribution is 2.17. The van der Waals surface area contributed by atoms with E-state index in [1.165, 1.54) is 5.56 Å². The standard InChI is InChI=1S/C13H19N5/c1-6-11-15-12(14-5)7-13(16-11)18-10(4)8(2)9(3)17-18/h7H,6H2,1-5H3,(H,14,15,16). The average Bonchev–Trinajstić information content (AvgIpc) is 2.65. The van der Waals surface area contributed by atoms with E-state index in [2.05, 4.69) is 34.2 Å². The normalized spacial score (nSPS) is 10.7. The van der Waals surface area contributed by atoms with Gasteiger partial charge in [0.05, 0.1) is 5.69 Å². The van der Waals surface area contributed by atoms with Gasteiger partial charge in [-0.1, -0.05) is 6.92 Å². The lowest BCUT2D eigenvalue weighted by Gasteiger charge is -2.08. The summed E-state index contributed by atoms with van der Waals surface area (Å²) in [6.07, 6.45) is 0.806. The molecule has 96 valence electrons. The van der Waals surface area contributed by atoms with E-state index in [-0.39, 0.29) is 0 Å². The van der Waals surface area contributed by atoms with Crippen molar-refractivity contribution in [2.45, 2.75) is 34.1 Å². The van der Waals surface area contributed by atoms with Gasteiger partial charge in [-0.05, 0) is 26.3 Å². The summed E-state index contributed by atoms with van der Waals surface area (Å²) in [5.41, 5.74) is 3.36. The Hall–Kier alpha value is -1.91. The summed E-state index contributed by atoms with van der Waals surface area (Å²) in [5, 5.41) is 7.59. The maximum atomic E-state index is 4.53. The number of aromatic nitrogens is 4. The molecular formula is C13H19N5. The lowest BCUT2D eigenvalue weighted by Crippen LogP contribution is -2.07. The van der Waals surface area contributed by atoms with Gasteiger partial charge in [0.25, 0.3) is 0 Å². The van der Waals surface area contributed by atoms with Crippen LogP contribution in [0.2, 0.25) is 0 Å². The van der Waals surface area contributed by atoms with Crippen molar-refractivity contribution >= 4 is 5.82 Å². The lowest BCUT2D eigenvalue weighted by molar-refractivity contribution is 0.783. The third-order valence-electron chi connectivity index (χ3n) is 3.20. The van der Waals surface area contributed by atoms with E-state index in [9.17, 15) is 0 Å². The lowest BCUT2D eigenvalue weighted by atomic mass is 10.2. The summed E-state index contributed by atoms with van der Waals surface area (Å²) in [6, 6.07) is 1.91. The summed E-state index contributed by atoms with van der Waals surface area (Å²) in [5.74, 6) is 2.46. The first-order chi connectivity index (χ1) is 8.56. The van der Waals surface area contributed by atoms with Crippen molar-refractivity contribution in [3.8, 4) is 5.82 Å². The third-order valence-corrected chi connectivity index (χ3v) is 3.20. The first-order valence-electron chi connectivity index (χ1n) is 6.15. The van der Waals surface area contributed by atoms with Crippen LogP contribution in [0.1, 0.15) is 29.7 Å². The van der Waals surface area contributed by atoms with Crippen LogP contribution in [0.15, 0.2) is 6.07 Å². The van der Waals surface area contributed by atoms with Gasteiger partial charge in [0, 0.05) is 25.2 Å². The predicted molar refractivity (Wildman–Crippen MR) is 72.3 cm³/mol. The smallest absolute Gasteiger partial charge is 0.159 e. The van der Waals surface area contributed by atoms with E-state index in [4.69, 9.17) is 0 Å². The van der Waals surface area contributed by atoms with Crippen molar-refractivity contribution in [2.24, 2.45) is 0 Å². The number of rotatable bonds is 3. The van der Waals surface area contributed by atoms with Crippen LogP contribution in [-0.2, 0) is 6.42 Å². The van der Waals surface area contributed by atoms with Gasteiger partial charge < -0.3 is 5.32 Å². The van der Waals surface area contributed by atoms with Crippen LogP contribution in [0.25, 0.3) is 5.82 Å². The highest BCUT2D eigenvalue weighted by atomic mass is 15.3. The summed E-state index contributed by atoms with van der Waals surface area (Å²) >= 11 is 0. The minimum Gasteiger partial charge on any atom is -0.373 e. The Morgan fingerprint density at radius 2 is 1.94 bits per heavy atom. The molecule has 0 aliphatic carbocycles. The van der Waals surface area contributed by atoms with Crippen molar-refractivity contribution in [2.75, 3.05) is 12.4 Å². The molecule has 0 bridgehead atoms. The fourth-order valence-electron chi connectivity index (χ4n) is 1.82. The van der Waals surface area contributed by atoms with Crippen molar-refractivity contribution < 1.29 is 0 Å². The van der Waals surface area contributed by atoms with E-state index in [0.717, 1.165) is 35.3 Å². The van der Waals surface area contributed by atoms with Crippen LogP contribution in [-0.4, -0.2) is 26.8 Å². The average molecular weight is 245 g/mol. The molecular weight excluding hydrogens is 226 g/mol. The molecule has 0 atom stereocenters. The zero-order valence-corrected chi connectivity index (χ0v) is 11.6. The molecule has 0 aliphatic heterocycles. The molecule has 2 rings (SSSR count). The Kier molecular flexibility index (Phi) is 3.32. The minimum atomic E-state index is 0.806. The molecule has 0 fully saturated rings. The van der Waals surface area contributed by atoms with Crippen LogP contribution in [0, 0.1) is 20.8 Å². The number of aryl methyl sites for hydroxylation is 2. The van der Waals surface area contributed by atoms with Gasteiger partial charge in [-0.3, -0.25) is 0 Å². The van der Waals surface area contributed by atoms with Crippen molar-refractivity contribution in [3.05, 3.63) is 28.8 Å². The molecule has 0 saturated heterocycles. The van der Waals surface area contributed by atoms with Crippen molar-refractivity contribution in [1.82, 2.24) is 19.7 Å². The molecule has 18 heavy (non-hydrogen) atoms. The fraction of sp³-hybridized carbons (Fsp3) is 0.462. The summed E-state index contributed by atoms with van der Waals surface area (Å²) in [7, 11) is 1.86. The minimum absolute atomic E-state index is 0.806. The van der Waals surface area contributed by atoms with Gasteiger partial charge >= 0.3 is 0 Å². The van der Waals surface area contributed by atoms with Crippen LogP contribution >= 0.6 is 0 Å². The van der Waals surface area contributed by atoms with E-state index in [1.54, 1.807) is 0 Å². The first kappa shape index (κ1) is 12.5. The molecule has 0 amide bonds. The van der Waals surface area contributed by atoms with Gasteiger partial charge in [-0.25, -0.2) is 14.6 Å². The number of nitrogens with zero attached hydrogens (tertiary/aromatic N) is 4. The molecule has 2 aromatic heterocycles. The molecule has 0 saturated carbocycles. The number of hydrogen-bond donors (Lipinski definition) is 1. The van der Waals surface area contributed by atoms with E-state index < -0.39 is 0 Å². The highest BCUT2D eigenvalue weighted by molar-refractivity contribution is 5.42. The maximum absolute atomic E-state index is 4.53. The monoisotopic (exact) mass is 245 g/mol.